The van der Waals surface area contributed by atoms with Gasteiger partial charge in [-0.3, -0.25) is 4.79 Å². The van der Waals surface area contributed by atoms with Crippen molar-refractivity contribution in [2.75, 3.05) is 12.9 Å². The summed E-state index contributed by atoms with van der Waals surface area (Å²) < 4.78 is 54.3. The molecule has 1 rings (SSSR count). The maximum Gasteiger partial charge on any atom is 0.309 e. The average molecular weight is 292 g/mol. The Labute approximate surface area is 110 Å². The average Bonchev–Trinajstić information content (AvgIpc) is 2.31. The van der Waals surface area contributed by atoms with Gasteiger partial charge < -0.3 is 4.74 Å². The van der Waals surface area contributed by atoms with Gasteiger partial charge in [-0.1, -0.05) is 6.92 Å². The summed E-state index contributed by atoms with van der Waals surface area (Å²) in [6.07, 6.45) is 0. The second kappa shape index (κ2) is 6.10. The van der Waals surface area contributed by atoms with Gasteiger partial charge in [0.2, 0.25) is 0 Å². The summed E-state index contributed by atoms with van der Waals surface area (Å²) in [5, 5.41) is 0. The molecule has 1 unspecified atom stereocenters. The molecule has 0 bridgehead atoms. The van der Waals surface area contributed by atoms with Gasteiger partial charge in [0.15, 0.2) is 9.84 Å². The Morgan fingerprint density at radius 3 is 2.58 bits per heavy atom. The zero-order valence-corrected chi connectivity index (χ0v) is 11.3. The molecule has 0 amide bonds. The van der Waals surface area contributed by atoms with Gasteiger partial charge in [0, 0.05) is 5.56 Å². The summed E-state index contributed by atoms with van der Waals surface area (Å²) in [5.41, 5.74) is -0.253. The first-order valence-corrected chi connectivity index (χ1v) is 7.29. The molecule has 0 saturated carbocycles. The molecule has 1 aromatic rings. The van der Waals surface area contributed by atoms with Crippen LogP contribution in [0.4, 0.5) is 8.78 Å². The van der Waals surface area contributed by atoms with Crippen molar-refractivity contribution in [1.29, 1.82) is 0 Å². The van der Waals surface area contributed by atoms with E-state index in [1.54, 1.807) is 0 Å². The number of rotatable bonds is 5. The SMILES string of the molecule is COC(=O)C(C)CS(=O)(=O)Cc1cc(F)ccc1F. The monoisotopic (exact) mass is 292 g/mol. The molecule has 19 heavy (non-hydrogen) atoms. The van der Waals surface area contributed by atoms with Gasteiger partial charge in [-0.15, -0.1) is 0 Å². The molecule has 0 fully saturated rings. The highest BCUT2D eigenvalue weighted by Gasteiger charge is 2.23. The van der Waals surface area contributed by atoms with Crippen LogP contribution in [0.2, 0.25) is 0 Å². The van der Waals surface area contributed by atoms with Crippen molar-refractivity contribution in [3.8, 4) is 0 Å². The number of ether oxygens (including phenoxy) is 1. The lowest BCUT2D eigenvalue weighted by atomic mass is 10.2. The van der Waals surface area contributed by atoms with E-state index in [9.17, 15) is 22.0 Å². The lowest BCUT2D eigenvalue weighted by molar-refractivity contribution is -0.144. The minimum Gasteiger partial charge on any atom is -0.469 e. The molecule has 0 aliphatic heterocycles. The van der Waals surface area contributed by atoms with Crippen molar-refractivity contribution < 1.29 is 26.7 Å². The number of carbonyl (C=O) groups excluding carboxylic acids is 1. The van der Waals surface area contributed by atoms with Crippen LogP contribution in [0.25, 0.3) is 0 Å². The third-order valence-electron chi connectivity index (χ3n) is 2.49. The molecular formula is C12H14F2O4S. The third kappa shape index (κ3) is 4.59. The number of carbonyl (C=O) groups is 1. The second-order valence-electron chi connectivity index (χ2n) is 4.21. The van der Waals surface area contributed by atoms with Crippen molar-refractivity contribution in [1.82, 2.24) is 0 Å². The van der Waals surface area contributed by atoms with Crippen LogP contribution in [0, 0.1) is 17.6 Å². The van der Waals surface area contributed by atoms with E-state index in [2.05, 4.69) is 4.74 Å². The number of halogens is 2. The highest BCUT2D eigenvalue weighted by atomic mass is 32.2. The summed E-state index contributed by atoms with van der Waals surface area (Å²) in [7, 11) is -2.59. The van der Waals surface area contributed by atoms with Crippen LogP contribution < -0.4 is 0 Å². The summed E-state index contributed by atoms with van der Waals surface area (Å²) in [5.74, 6) is -4.16. The van der Waals surface area contributed by atoms with Crippen molar-refractivity contribution in [3.63, 3.8) is 0 Å². The van der Waals surface area contributed by atoms with Crippen LogP contribution in [0.15, 0.2) is 18.2 Å². The zero-order valence-electron chi connectivity index (χ0n) is 10.5. The standard InChI is InChI=1S/C12H14F2O4S/c1-8(12(15)18-2)6-19(16,17)7-9-5-10(13)3-4-11(9)14/h3-5,8H,6-7H2,1-2H3. The summed E-state index contributed by atoms with van der Waals surface area (Å²) >= 11 is 0. The van der Waals surface area contributed by atoms with Gasteiger partial charge in [0.1, 0.15) is 11.6 Å². The number of sulfone groups is 1. The molecule has 7 heteroatoms. The van der Waals surface area contributed by atoms with Gasteiger partial charge in [-0.2, -0.15) is 0 Å². The number of hydrogen-bond acceptors (Lipinski definition) is 4. The maximum atomic E-state index is 13.3. The largest absolute Gasteiger partial charge is 0.469 e. The predicted octanol–water partition coefficient (Wildman–Crippen LogP) is 1.69. The van der Waals surface area contributed by atoms with Crippen LogP contribution >= 0.6 is 0 Å². The van der Waals surface area contributed by atoms with E-state index in [4.69, 9.17) is 0 Å². The van der Waals surface area contributed by atoms with Crippen molar-refractivity contribution >= 4 is 15.8 Å². The molecule has 1 atom stereocenters. The first kappa shape index (κ1) is 15.6. The number of esters is 1. The molecular weight excluding hydrogens is 278 g/mol. The lowest BCUT2D eigenvalue weighted by Crippen LogP contribution is -2.23. The van der Waals surface area contributed by atoms with Gasteiger partial charge in [0.05, 0.1) is 24.5 Å². The summed E-state index contributed by atoms with van der Waals surface area (Å²) in [4.78, 5) is 11.1. The second-order valence-corrected chi connectivity index (χ2v) is 6.32. The topological polar surface area (TPSA) is 60.4 Å². The van der Waals surface area contributed by atoms with E-state index < -0.39 is 44.9 Å². The molecule has 0 aromatic heterocycles. The minimum absolute atomic E-state index is 0.253. The molecule has 1 aromatic carbocycles. The fraction of sp³-hybridized carbons (Fsp3) is 0.417. The Morgan fingerprint density at radius 1 is 1.37 bits per heavy atom. The Morgan fingerprint density at radius 2 is 2.00 bits per heavy atom. The molecule has 0 heterocycles. The number of benzene rings is 1. The minimum atomic E-state index is -3.74. The van der Waals surface area contributed by atoms with Crippen LogP contribution in [0.1, 0.15) is 12.5 Å². The smallest absolute Gasteiger partial charge is 0.309 e. The van der Waals surface area contributed by atoms with Crippen molar-refractivity contribution in [3.05, 3.63) is 35.4 Å². The number of hydrogen-bond donors (Lipinski definition) is 0. The van der Waals surface area contributed by atoms with E-state index in [0.717, 1.165) is 25.3 Å². The molecule has 0 N–H and O–H groups in total. The molecule has 0 aliphatic rings. The molecule has 0 saturated heterocycles. The molecule has 0 spiro atoms. The van der Waals surface area contributed by atoms with Crippen molar-refractivity contribution in [2.45, 2.75) is 12.7 Å². The van der Waals surface area contributed by atoms with Crippen molar-refractivity contribution in [2.24, 2.45) is 5.92 Å². The van der Waals surface area contributed by atoms with Crippen LogP contribution in [0.3, 0.4) is 0 Å². The Hall–Kier alpha value is -1.50. The maximum absolute atomic E-state index is 13.3. The fourth-order valence-electron chi connectivity index (χ4n) is 1.60. The molecule has 0 radical (unpaired) electrons. The van der Waals surface area contributed by atoms with Gasteiger partial charge in [-0.05, 0) is 18.2 Å². The van der Waals surface area contributed by atoms with E-state index >= 15 is 0 Å². The molecule has 0 aliphatic carbocycles. The first-order chi connectivity index (χ1) is 8.75. The van der Waals surface area contributed by atoms with Gasteiger partial charge in [-0.25, -0.2) is 17.2 Å². The third-order valence-corrected chi connectivity index (χ3v) is 4.25. The Bertz CT molecular complexity index is 569. The highest BCUT2D eigenvalue weighted by Crippen LogP contribution is 2.15. The quantitative estimate of drug-likeness (QED) is 0.775. The van der Waals surface area contributed by atoms with Gasteiger partial charge >= 0.3 is 5.97 Å². The number of methoxy groups -OCH3 is 1. The summed E-state index contributed by atoms with van der Waals surface area (Å²) in [6.45, 7) is 1.39. The van der Waals surface area contributed by atoms with Crippen LogP contribution in [0.5, 0.6) is 0 Å². The van der Waals surface area contributed by atoms with Crippen LogP contribution in [-0.2, 0) is 25.1 Å². The lowest BCUT2D eigenvalue weighted by Gasteiger charge is -2.10. The molecule has 4 nitrogen and oxygen atoms in total. The zero-order chi connectivity index (χ0) is 14.6. The Balaban J connectivity index is 2.85. The summed E-state index contributed by atoms with van der Waals surface area (Å²) in [6, 6.07) is 2.60. The predicted molar refractivity (Wildman–Crippen MR) is 65.0 cm³/mol. The van der Waals surface area contributed by atoms with Gasteiger partial charge in [0.25, 0.3) is 0 Å². The van der Waals surface area contributed by atoms with E-state index in [0.29, 0.717) is 0 Å². The fourth-order valence-corrected chi connectivity index (χ4v) is 3.31. The normalized spacial score (nSPS) is 13.1. The van der Waals surface area contributed by atoms with E-state index in [1.807, 2.05) is 0 Å². The highest BCUT2D eigenvalue weighted by molar-refractivity contribution is 7.90. The molecule has 106 valence electrons. The van der Waals surface area contributed by atoms with Crippen LogP contribution in [-0.4, -0.2) is 27.2 Å². The van der Waals surface area contributed by atoms with E-state index in [-0.39, 0.29) is 5.56 Å². The first-order valence-electron chi connectivity index (χ1n) is 5.47. The Kier molecular flexibility index (Phi) is 4.99. The van der Waals surface area contributed by atoms with E-state index in [1.165, 1.54) is 6.92 Å².